The maximum atomic E-state index is 12.8. The number of nitro groups is 1. The Balaban J connectivity index is 1.78. The van der Waals surface area contributed by atoms with Gasteiger partial charge in [0.2, 0.25) is 5.91 Å². The van der Waals surface area contributed by atoms with Crippen LogP contribution in [0.25, 0.3) is 0 Å². The number of benzene rings is 1. The molecular formula is C20H26N6O4. The number of nitrogens with one attached hydrogen (secondary N) is 3. The highest BCUT2D eigenvalue weighted by molar-refractivity contribution is 6.01. The number of anilines is 2. The second-order valence-electron chi connectivity index (χ2n) is 7.77. The highest BCUT2D eigenvalue weighted by atomic mass is 16.6. The van der Waals surface area contributed by atoms with Crippen LogP contribution in [-0.4, -0.2) is 46.1 Å². The lowest BCUT2D eigenvalue weighted by atomic mass is 10.0. The number of carbonyl (C=O) groups excluding carboxylic acids is 2. The van der Waals surface area contributed by atoms with Crippen LogP contribution >= 0.6 is 0 Å². The lowest BCUT2D eigenvalue weighted by molar-refractivity contribution is -0.384. The summed E-state index contributed by atoms with van der Waals surface area (Å²) >= 11 is 0. The van der Waals surface area contributed by atoms with E-state index >= 15 is 0 Å². The average Bonchev–Trinajstić information content (AvgIpc) is 3.40. The van der Waals surface area contributed by atoms with Gasteiger partial charge in [0, 0.05) is 30.8 Å². The Morgan fingerprint density at radius 3 is 2.60 bits per heavy atom. The van der Waals surface area contributed by atoms with Gasteiger partial charge in [-0.1, -0.05) is 13.8 Å². The average molecular weight is 414 g/mol. The Hall–Kier alpha value is -3.43. The first-order valence-electron chi connectivity index (χ1n) is 9.99. The smallest absolute Gasteiger partial charge is 0.293 e. The molecule has 0 bridgehead atoms. The van der Waals surface area contributed by atoms with Gasteiger partial charge in [-0.05, 0) is 37.3 Å². The van der Waals surface area contributed by atoms with E-state index < -0.39 is 16.9 Å². The van der Waals surface area contributed by atoms with E-state index in [2.05, 4.69) is 20.8 Å². The van der Waals surface area contributed by atoms with E-state index in [1.54, 1.807) is 18.2 Å². The molecule has 0 spiro atoms. The number of amides is 2. The monoisotopic (exact) mass is 414 g/mol. The zero-order valence-corrected chi connectivity index (χ0v) is 17.1. The van der Waals surface area contributed by atoms with Crippen LogP contribution in [0, 0.1) is 16.0 Å². The molecule has 0 aliphatic carbocycles. The molecule has 10 heteroatoms. The number of H-pyrrole nitrogens is 1. The van der Waals surface area contributed by atoms with Crippen molar-refractivity contribution in [3.05, 3.63) is 46.1 Å². The quantitative estimate of drug-likeness (QED) is 0.449. The summed E-state index contributed by atoms with van der Waals surface area (Å²) in [5.74, 6) is -0.343. The molecule has 10 nitrogen and oxygen atoms in total. The summed E-state index contributed by atoms with van der Waals surface area (Å²) in [6, 6.07) is 5.27. The molecule has 2 aromatic rings. The van der Waals surface area contributed by atoms with Gasteiger partial charge in [0.15, 0.2) is 0 Å². The van der Waals surface area contributed by atoms with E-state index in [-0.39, 0.29) is 23.1 Å². The van der Waals surface area contributed by atoms with Crippen LogP contribution in [0.4, 0.5) is 17.2 Å². The fourth-order valence-corrected chi connectivity index (χ4v) is 3.53. The highest BCUT2D eigenvalue weighted by Crippen LogP contribution is 2.31. The number of hydrogen-bond donors (Lipinski definition) is 3. The van der Waals surface area contributed by atoms with Gasteiger partial charge in [-0.25, -0.2) is 0 Å². The fraction of sp³-hybridized carbons (Fsp3) is 0.450. The molecule has 0 saturated carbocycles. The maximum Gasteiger partial charge on any atom is 0.293 e. The molecule has 2 amide bonds. The van der Waals surface area contributed by atoms with Crippen molar-refractivity contribution in [3.63, 3.8) is 0 Å². The second-order valence-corrected chi connectivity index (χ2v) is 7.77. The normalized spacial score (nSPS) is 14.6. The van der Waals surface area contributed by atoms with Gasteiger partial charge in [0.05, 0.1) is 11.1 Å². The molecular weight excluding hydrogens is 388 g/mol. The summed E-state index contributed by atoms with van der Waals surface area (Å²) in [6.07, 6.45) is 3.90. The number of rotatable bonds is 8. The molecule has 1 aromatic carbocycles. The van der Waals surface area contributed by atoms with E-state index in [4.69, 9.17) is 0 Å². The third-order valence-corrected chi connectivity index (χ3v) is 4.97. The minimum atomic E-state index is -0.793. The number of aromatic amines is 1. The molecule has 3 rings (SSSR count). The first-order chi connectivity index (χ1) is 14.3. The Kier molecular flexibility index (Phi) is 6.65. The van der Waals surface area contributed by atoms with E-state index in [9.17, 15) is 19.7 Å². The Bertz CT molecular complexity index is 906. The molecule has 1 aliphatic heterocycles. The molecule has 1 fully saturated rings. The lowest BCUT2D eigenvalue weighted by Crippen LogP contribution is -2.44. The molecule has 1 aliphatic rings. The maximum absolute atomic E-state index is 12.8. The summed E-state index contributed by atoms with van der Waals surface area (Å²) in [6.45, 7) is 5.41. The predicted octanol–water partition coefficient (Wildman–Crippen LogP) is 2.70. The van der Waals surface area contributed by atoms with Crippen LogP contribution in [0.15, 0.2) is 30.5 Å². The van der Waals surface area contributed by atoms with Gasteiger partial charge in [0.25, 0.3) is 11.6 Å². The highest BCUT2D eigenvalue weighted by Gasteiger charge is 2.26. The van der Waals surface area contributed by atoms with Gasteiger partial charge in [-0.2, -0.15) is 5.10 Å². The minimum absolute atomic E-state index is 0.105. The minimum Gasteiger partial charge on any atom is -0.366 e. The summed E-state index contributed by atoms with van der Waals surface area (Å²) < 4.78 is 0. The van der Waals surface area contributed by atoms with E-state index in [1.165, 1.54) is 12.3 Å². The van der Waals surface area contributed by atoms with Crippen molar-refractivity contribution in [1.29, 1.82) is 0 Å². The van der Waals surface area contributed by atoms with Crippen LogP contribution < -0.4 is 15.5 Å². The van der Waals surface area contributed by atoms with Crippen LogP contribution in [0.3, 0.4) is 0 Å². The molecule has 2 heterocycles. The van der Waals surface area contributed by atoms with Gasteiger partial charge in [0.1, 0.15) is 17.5 Å². The van der Waals surface area contributed by atoms with Crippen molar-refractivity contribution in [2.75, 3.05) is 23.3 Å². The first-order valence-corrected chi connectivity index (χ1v) is 9.99. The van der Waals surface area contributed by atoms with Gasteiger partial charge in [-0.3, -0.25) is 24.8 Å². The van der Waals surface area contributed by atoms with Crippen molar-refractivity contribution in [1.82, 2.24) is 15.5 Å². The third-order valence-electron chi connectivity index (χ3n) is 4.97. The summed E-state index contributed by atoms with van der Waals surface area (Å²) in [5, 5.41) is 23.4. The Labute approximate surface area is 174 Å². The first kappa shape index (κ1) is 21.3. The molecule has 1 atom stereocenters. The number of carbonyl (C=O) groups is 2. The SMILES string of the molecule is CC(C)CC(NC(=O)c1ccc(N2CCCC2)c([N+](=O)[O-])c1)C(=O)Nc1ccn[nH]1. The summed E-state index contributed by atoms with van der Waals surface area (Å²) in [7, 11) is 0. The van der Waals surface area contributed by atoms with Crippen molar-refractivity contribution >= 4 is 29.0 Å². The third kappa shape index (κ3) is 5.13. The molecule has 1 aromatic heterocycles. The van der Waals surface area contributed by atoms with Crippen molar-refractivity contribution in [2.45, 2.75) is 39.2 Å². The van der Waals surface area contributed by atoms with Gasteiger partial charge >= 0.3 is 0 Å². The van der Waals surface area contributed by atoms with Crippen LogP contribution in [0.1, 0.15) is 43.5 Å². The molecule has 30 heavy (non-hydrogen) atoms. The molecule has 1 unspecified atom stereocenters. The topological polar surface area (TPSA) is 133 Å². The standard InChI is InChI=1S/C20H26N6O4/c1-13(2)11-15(20(28)23-18-7-8-21-24-18)22-19(27)14-5-6-16(17(12-14)26(29)30)25-9-3-4-10-25/h5-8,12-13,15H,3-4,9-11H2,1-2H3,(H,22,27)(H2,21,23,24,28). The number of nitrogens with zero attached hydrogens (tertiary/aromatic N) is 3. The number of aromatic nitrogens is 2. The van der Waals surface area contributed by atoms with Crippen LogP contribution in [-0.2, 0) is 4.79 Å². The Morgan fingerprint density at radius 2 is 2.00 bits per heavy atom. The largest absolute Gasteiger partial charge is 0.366 e. The number of nitro benzene ring substituents is 1. The zero-order chi connectivity index (χ0) is 21.7. The molecule has 0 radical (unpaired) electrons. The molecule has 160 valence electrons. The zero-order valence-electron chi connectivity index (χ0n) is 17.1. The van der Waals surface area contributed by atoms with Crippen LogP contribution in [0.2, 0.25) is 0 Å². The van der Waals surface area contributed by atoms with Crippen molar-refractivity contribution in [2.24, 2.45) is 5.92 Å². The summed E-state index contributed by atoms with van der Waals surface area (Å²) in [5.41, 5.74) is 0.560. The predicted molar refractivity (Wildman–Crippen MR) is 112 cm³/mol. The lowest BCUT2D eigenvalue weighted by Gasteiger charge is -2.21. The van der Waals surface area contributed by atoms with Crippen LogP contribution in [0.5, 0.6) is 0 Å². The van der Waals surface area contributed by atoms with Gasteiger partial charge < -0.3 is 15.5 Å². The molecule has 1 saturated heterocycles. The number of hydrogen-bond acceptors (Lipinski definition) is 6. The van der Waals surface area contributed by atoms with E-state index in [0.717, 1.165) is 25.9 Å². The van der Waals surface area contributed by atoms with Gasteiger partial charge in [-0.15, -0.1) is 0 Å². The van der Waals surface area contributed by atoms with Crippen molar-refractivity contribution < 1.29 is 14.5 Å². The fourth-order valence-electron chi connectivity index (χ4n) is 3.53. The Morgan fingerprint density at radius 1 is 1.27 bits per heavy atom. The molecule has 3 N–H and O–H groups in total. The van der Waals surface area contributed by atoms with E-state index in [1.807, 2.05) is 18.7 Å². The van der Waals surface area contributed by atoms with E-state index in [0.29, 0.717) is 17.9 Å². The van der Waals surface area contributed by atoms with Crippen molar-refractivity contribution in [3.8, 4) is 0 Å². The second kappa shape index (κ2) is 9.38. The summed E-state index contributed by atoms with van der Waals surface area (Å²) in [4.78, 5) is 38.5.